The number of para-hydroxylation sites is 1. The van der Waals surface area contributed by atoms with Gasteiger partial charge in [0.25, 0.3) is 0 Å². The summed E-state index contributed by atoms with van der Waals surface area (Å²) in [5.41, 5.74) is 11.4. The molecule has 1 heteroatoms. The van der Waals surface area contributed by atoms with Gasteiger partial charge in [-0.2, -0.15) is 0 Å². The molecule has 0 unspecified atom stereocenters. The van der Waals surface area contributed by atoms with E-state index in [1.165, 1.54) is 61.2 Å². The van der Waals surface area contributed by atoms with Crippen LogP contribution in [0.15, 0.2) is 127 Å². The molecule has 0 saturated heterocycles. The molecule has 0 N–H and O–H groups in total. The molecule has 1 aliphatic carbocycles. The maximum absolute atomic E-state index is 2.46. The van der Waals surface area contributed by atoms with Crippen LogP contribution >= 0.6 is 0 Å². The Morgan fingerprint density at radius 3 is 1.33 bits per heavy atom. The number of hydrogen-bond donors (Lipinski definition) is 0. The largest absolute Gasteiger partial charge is 0.308 e. The van der Waals surface area contributed by atoms with Crippen LogP contribution in [-0.2, 0) is 0 Å². The standard InChI is InChI=1S/C32H21N/c1-4-12-23(13-5-1)31-29-26-20-10-16-22-17-11-21-27(28(22)26)30(29)32(24-14-6-2-7-15-24)33(31)25-18-8-3-9-19-25/h1-21H. The maximum atomic E-state index is 2.46. The molecule has 6 aromatic rings. The van der Waals surface area contributed by atoms with Gasteiger partial charge in [-0.3, -0.25) is 0 Å². The Balaban J connectivity index is 1.72. The highest BCUT2D eigenvalue weighted by Crippen LogP contribution is 2.57. The van der Waals surface area contributed by atoms with E-state index in [1.54, 1.807) is 0 Å². The molecule has 0 fully saturated rings. The molecule has 0 radical (unpaired) electrons. The lowest BCUT2D eigenvalue weighted by atomic mass is 9.99. The molecule has 154 valence electrons. The van der Waals surface area contributed by atoms with Crippen LogP contribution in [0, 0.1) is 0 Å². The number of rotatable bonds is 3. The highest BCUT2D eigenvalue weighted by atomic mass is 15.0. The van der Waals surface area contributed by atoms with Crippen LogP contribution in [0.1, 0.15) is 0 Å². The van der Waals surface area contributed by atoms with Gasteiger partial charge < -0.3 is 4.57 Å². The van der Waals surface area contributed by atoms with Crippen molar-refractivity contribution in [1.82, 2.24) is 4.57 Å². The summed E-state index contributed by atoms with van der Waals surface area (Å²) < 4.78 is 2.46. The molecular formula is C32H21N. The van der Waals surface area contributed by atoms with Gasteiger partial charge in [0.1, 0.15) is 0 Å². The molecule has 0 saturated carbocycles. The Morgan fingerprint density at radius 2 is 0.848 bits per heavy atom. The fraction of sp³-hybridized carbons (Fsp3) is 0. The molecule has 1 aromatic heterocycles. The predicted molar refractivity (Wildman–Crippen MR) is 139 cm³/mol. The zero-order valence-electron chi connectivity index (χ0n) is 18.1. The fourth-order valence-electron chi connectivity index (χ4n) is 5.43. The lowest BCUT2D eigenvalue weighted by Crippen LogP contribution is -2.00. The van der Waals surface area contributed by atoms with Crippen LogP contribution in [0.4, 0.5) is 0 Å². The summed E-state index contributed by atoms with van der Waals surface area (Å²) in [6.45, 7) is 0. The van der Waals surface area contributed by atoms with Crippen LogP contribution in [0.2, 0.25) is 0 Å². The van der Waals surface area contributed by atoms with Gasteiger partial charge in [0, 0.05) is 16.8 Å². The quantitative estimate of drug-likeness (QED) is 0.270. The number of nitrogens with zero attached hydrogens (tertiary/aromatic N) is 1. The third kappa shape index (κ3) is 2.60. The van der Waals surface area contributed by atoms with Crippen molar-refractivity contribution in [3.05, 3.63) is 127 Å². The summed E-state index contributed by atoms with van der Waals surface area (Å²) in [5.74, 6) is 0. The molecule has 1 aliphatic rings. The van der Waals surface area contributed by atoms with E-state index >= 15 is 0 Å². The first-order valence-corrected chi connectivity index (χ1v) is 11.4. The predicted octanol–water partition coefficient (Wildman–Crippen LogP) is 8.61. The monoisotopic (exact) mass is 419 g/mol. The first-order valence-electron chi connectivity index (χ1n) is 11.4. The average Bonchev–Trinajstić information content (AvgIpc) is 3.41. The van der Waals surface area contributed by atoms with Crippen molar-refractivity contribution in [2.24, 2.45) is 0 Å². The van der Waals surface area contributed by atoms with Crippen molar-refractivity contribution in [3.63, 3.8) is 0 Å². The number of benzene rings is 5. The molecule has 33 heavy (non-hydrogen) atoms. The van der Waals surface area contributed by atoms with Crippen LogP contribution in [-0.4, -0.2) is 4.57 Å². The molecule has 0 amide bonds. The van der Waals surface area contributed by atoms with Gasteiger partial charge in [0.2, 0.25) is 0 Å². The molecule has 0 bridgehead atoms. The summed E-state index contributed by atoms with van der Waals surface area (Å²) in [5, 5.41) is 2.66. The molecule has 0 atom stereocenters. The van der Waals surface area contributed by atoms with E-state index in [9.17, 15) is 0 Å². The van der Waals surface area contributed by atoms with Crippen molar-refractivity contribution >= 4 is 10.8 Å². The van der Waals surface area contributed by atoms with E-state index in [0.29, 0.717) is 0 Å². The topological polar surface area (TPSA) is 4.93 Å². The second kappa shape index (κ2) is 7.08. The second-order valence-corrected chi connectivity index (χ2v) is 8.56. The van der Waals surface area contributed by atoms with Gasteiger partial charge in [-0.05, 0) is 45.2 Å². The van der Waals surface area contributed by atoms with Crippen molar-refractivity contribution in [2.45, 2.75) is 0 Å². The summed E-state index contributed by atoms with van der Waals surface area (Å²) >= 11 is 0. The molecular weight excluding hydrogens is 398 g/mol. The Bertz CT molecular complexity index is 1530. The lowest BCUT2D eigenvalue weighted by Gasteiger charge is -2.17. The van der Waals surface area contributed by atoms with Crippen molar-refractivity contribution in [3.8, 4) is 50.5 Å². The minimum atomic E-state index is 1.18. The minimum absolute atomic E-state index is 1.18. The number of fused-ring (bicyclic) bond motifs is 3. The van der Waals surface area contributed by atoms with Crippen molar-refractivity contribution in [2.75, 3.05) is 0 Å². The van der Waals surface area contributed by atoms with Crippen LogP contribution in [0.25, 0.3) is 61.2 Å². The van der Waals surface area contributed by atoms with Crippen molar-refractivity contribution in [1.29, 1.82) is 0 Å². The Kier molecular flexibility index (Phi) is 3.91. The van der Waals surface area contributed by atoms with Gasteiger partial charge in [-0.15, -0.1) is 0 Å². The first-order chi connectivity index (χ1) is 16.4. The van der Waals surface area contributed by atoms with E-state index in [2.05, 4.69) is 132 Å². The van der Waals surface area contributed by atoms with Gasteiger partial charge in [-0.25, -0.2) is 0 Å². The third-order valence-corrected chi connectivity index (χ3v) is 6.72. The maximum Gasteiger partial charge on any atom is 0.0620 e. The van der Waals surface area contributed by atoms with Gasteiger partial charge in [0.15, 0.2) is 0 Å². The van der Waals surface area contributed by atoms with Crippen LogP contribution in [0.5, 0.6) is 0 Å². The van der Waals surface area contributed by atoms with Crippen LogP contribution in [0.3, 0.4) is 0 Å². The summed E-state index contributed by atoms with van der Waals surface area (Å²) in [6.07, 6.45) is 0. The Hall–Kier alpha value is -4.36. The summed E-state index contributed by atoms with van der Waals surface area (Å²) in [7, 11) is 0. The molecule has 5 aromatic carbocycles. The van der Waals surface area contributed by atoms with E-state index in [-0.39, 0.29) is 0 Å². The van der Waals surface area contributed by atoms with Gasteiger partial charge >= 0.3 is 0 Å². The average molecular weight is 420 g/mol. The van der Waals surface area contributed by atoms with E-state index in [0.717, 1.165) is 0 Å². The molecule has 1 heterocycles. The van der Waals surface area contributed by atoms with Gasteiger partial charge in [-0.1, -0.05) is 115 Å². The highest BCUT2D eigenvalue weighted by Gasteiger charge is 2.33. The molecule has 0 spiro atoms. The summed E-state index contributed by atoms with van der Waals surface area (Å²) in [4.78, 5) is 0. The van der Waals surface area contributed by atoms with E-state index in [4.69, 9.17) is 0 Å². The molecule has 1 nitrogen and oxygen atoms in total. The van der Waals surface area contributed by atoms with Crippen molar-refractivity contribution < 1.29 is 0 Å². The lowest BCUT2D eigenvalue weighted by molar-refractivity contribution is 1.10. The minimum Gasteiger partial charge on any atom is -0.308 e. The van der Waals surface area contributed by atoms with Gasteiger partial charge in [0.05, 0.1) is 11.4 Å². The molecule has 0 aliphatic heterocycles. The number of aromatic nitrogens is 1. The Labute approximate surface area is 193 Å². The summed E-state index contributed by atoms with van der Waals surface area (Å²) in [6, 6.07) is 45.8. The third-order valence-electron chi connectivity index (χ3n) is 6.72. The Morgan fingerprint density at radius 1 is 0.394 bits per heavy atom. The number of hydrogen-bond acceptors (Lipinski definition) is 0. The molecule has 7 rings (SSSR count). The van der Waals surface area contributed by atoms with Crippen LogP contribution < -0.4 is 0 Å². The smallest absolute Gasteiger partial charge is 0.0620 e. The van der Waals surface area contributed by atoms with E-state index < -0.39 is 0 Å². The SMILES string of the molecule is c1ccc(-c2c3c(c(-c4ccccc4)n2-c2ccccc2)-c2cccc4cccc-3c24)cc1. The fourth-order valence-corrected chi connectivity index (χ4v) is 5.43. The normalized spacial score (nSPS) is 11.6. The second-order valence-electron chi connectivity index (χ2n) is 8.56. The van der Waals surface area contributed by atoms with E-state index in [1.807, 2.05) is 0 Å². The zero-order chi connectivity index (χ0) is 21.8. The first kappa shape index (κ1) is 18.2. The highest BCUT2D eigenvalue weighted by molar-refractivity contribution is 6.21. The zero-order valence-corrected chi connectivity index (χ0v) is 18.1.